The van der Waals surface area contributed by atoms with E-state index in [9.17, 15) is 0 Å². The monoisotopic (exact) mass is 143 g/mol. The molecule has 0 aliphatic carbocycles. The molecule has 0 aromatic rings. The summed E-state index contributed by atoms with van der Waals surface area (Å²) < 4.78 is 0. The van der Waals surface area contributed by atoms with Crippen LogP contribution in [0.2, 0.25) is 0 Å². The summed E-state index contributed by atoms with van der Waals surface area (Å²) in [4.78, 5) is 0. The van der Waals surface area contributed by atoms with Crippen molar-refractivity contribution in [1.82, 2.24) is 0 Å². The molecule has 50 valence electrons. The molecular formula is C6HN5. The molecule has 5 nitrogen and oxygen atoms in total. The summed E-state index contributed by atoms with van der Waals surface area (Å²) in [6.45, 7) is 0. The summed E-state index contributed by atoms with van der Waals surface area (Å²) in [5.74, 6) is 0. The van der Waals surface area contributed by atoms with Gasteiger partial charge in [0.05, 0.1) is 6.20 Å². The Morgan fingerprint density at radius 3 is 2.27 bits per heavy atom. The second-order valence-corrected chi connectivity index (χ2v) is 1.80. The zero-order valence-corrected chi connectivity index (χ0v) is 5.31. The van der Waals surface area contributed by atoms with Crippen molar-refractivity contribution in [3.63, 3.8) is 0 Å². The molecule has 0 atom stereocenters. The van der Waals surface area contributed by atoms with E-state index in [-0.39, 0.29) is 5.57 Å². The molecule has 0 saturated heterocycles. The van der Waals surface area contributed by atoms with Crippen LogP contribution in [0.15, 0.2) is 22.0 Å². The van der Waals surface area contributed by atoms with Gasteiger partial charge in [0.2, 0.25) is 0 Å². The highest BCUT2D eigenvalue weighted by Gasteiger charge is 2.38. The molecular weight excluding hydrogens is 142 g/mol. The number of hydrogen-bond donors (Lipinski definition) is 0. The summed E-state index contributed by atoms with van der Waals surface area (Å²) in [5, 5.41) is 32.1. The van der Waals surface area contributed by atoms with Crippen molar-refractivity contribution in [2.45, 2.75) is 5.54 Å². The van der Waals surface area contributed by atoms with Crippen LogP contribution in [0.4, 0.5) is 0 Å². The molecule has 11 heavy (non-hydrogen) atoms. The highest BCUT2D eigenvalue weighted by atomic mass is 15.2. The van der Waals surface area contributed by atoms with E-state index in [2.05, 4.69) is 10.2 Å². The highest BCUT2D eigenvalue weighted by molar-refractivity contribution is 5.49. The van der Waals surface area contributed by atoms with Crippen LogP contribution < -0.4 is 0 Å². The van der Waals surface area contributed by atoms with Crippen LogP contribution in [0.25, 0.3) is 0 Å². The Labute approximate surface area is 62.5 Å². The Morgan fingerprint density at radius 2 is 1.91 bits per heavy atom. The Bertz CT molecular complexity index is 342. The quantitative estimate of drug-likeness (QED) is 0.497. The maximum absolute atomic E-state index is 8.50. The molecule has 0 amide bonds. The highest BCUT2D eigenvalue weighted by Crippen LogP contribution is 2.25. The average Bonchev–Trinajstić information content (AvgIpc) is 2.47. The zero-order valence-electron chi connectivity index (χ0n) is 5.31. The molecule has 0 bridgehead atoms. The fraction of sp³-hybridized carbons (Fsp3) is 0.167. The van der Waals surface area contributed by atoms with Gasteiger partial charge in [-0.25, -0.2) is 0 Å². The summed E-state index contributed by atoms with van der Waals surface area (Å²) >= 11 is 0. The van der Waals surface area contributed by atoms with Gasteiger partial charge in [0.15, 0.2) is 0 Å². The molecule has 0 spiro atoms. The van der Waals surface area contributed by atoms with Gasteiger partial charge in [-0.05, 0) is 0 Å². The van der Waals surface area contributed by atoms with Crippen molar-refractivity contribution in [3.8, 4) is 18.2 Å². The molecule has 1 rings (SSSR count). The van der Waals surface area contributed by atoms with Crippen molar-refractivity contribution < 1.29 is 0 Å². The van der Waals surface area contributed by atoms with Crippen LogP contribution in [0.3, 0.4) is 0 Å². The van der Waals surface area contributed by atoms with E-state index in [1.165, 1.54) is 0 Å². The maximum Gasteiger partial charge on any atom is 0.288 e. The predicted octanol–water partition coefficient (Wildman–Crippen LogP) is 0.646. The lowest BCUT2D eigenvalue weighted by molar-refractivity contribution is 0.807. The molecule has 0 aromatic carbocycles. The van der Waals surface area contributed by atoms with E-state index in [0.29, 0.717) is 0 Å². The molecule has 0 unspecified atom stereocenters. The van der Waals surface area contributed by atoms with Gasteiger partial charge in [0.25, 0.3) is 5.54 Å². The predicted molar refractivity (Wildman–Crippen MR) is 32.5 cm³/mol. The third kappa shape index (κ3) is 0.745. The minimum absolute atomic E-state index is 0.0255. The lowest BCUT2D eigenvalue weighted by Crippen LogP contribution is -2.20. The van der Waals surface area contributed by atoms with Gasteiger partial charge in [0.1, 0.15) is 23.8 Å². The van der Waals surface area contributed by atoms with Crippen LogP contribution in [-0.2, 0) is 0 Å². The van der Waals surface area contributed by atoms with Gasteiger partial charge in [-0.3, -0.25) is 0 Å². The SMILES string of the molecule is N#CC1=CN=NC1(C#N)C#N. The minimum Gasteiger partial charge on any atom is -0.194 e. The first-order valence-corrected chi connectivity index (χ1v) is 2.64. The molecule has 0 saturated carbocycles. The standard InChI is InChI=1S/C6HN5/c7-1-5-2-10-11-6(5,3-8)4-9/h2H. The lowest BCUT2D eigenvalue weighted by atomic mass is 9.97. The first kappa shape index (κ1) is 6.92. The van der Waals surface area contributed by atoms with E-state index in [1.54, 1.807) is 18.2 Å². The number of nitriles is 3. The van der Waals surface area contributed by atoms with Gasteiger partial charge in [-0.15, -0.1) is 5.11 Å². The molecule has 0 N–H and O–H groups in total. The van der Waals surface area contributed by atoms with E-state index < -0.39 is 5.54 Å². The fourth-order valence-electron chi connectivity index (χ4n) is 0.620. The Morgan fingerprint density at radius 1 is 1.27 bits per heavy atom. The van der Waals surface area contributed by atoms with Crippen LogP contribution in [0.5, 0.6) is 0 Å². The molecule has 1 aliphatic rings. The van der Waals surface area contributed by atoms with Gasteiger partial charge < -0.3 is 0 Å². The number of hydrogen-bond acceptors (Lipinski definition) is 5. The lowest BCUT2D eigenvalue weighted by Gasteiger charge is -2.02. The first-order valence-electron chi connectivity index (χ1n) is 2.64. The van der Waals surface area contributed by atoms with E-state index in [4.69, 9.17) is 15.8 Å². The number of nitrogens with zero attached hydrogens (tertiary/aromatic N) is 5. The fourth-order valence-corrected chi connectivity index (χ4v) is 0.620. The zero-order chi connectivity index (χ0) is 8.32. The third-order valence-electron chi connectivity index (χ3n) is 1.23. The molecule has 0 aromatic heterocycles. The van der Waals surface area contributed by atoms with E-state index in [0.717, 1.165) is 6.20 Å². The van der Waals surface area contributed by atoms with Crippen LogP contribution in [-0.4, -0.2) is 5.54 Å². The molecule has 1 aliphatic heterocycles. The Balaban J connectivity index is 3.21. The van der Waals surface area contributed by atoms with E-state index in [1.807, 2.05) is 0 Å². The van der Waals surface area contributed by atoms with Crippen molar-refractivity contribution in [1.29, 1.82) is 15.8 Å². The Hall–Kier alpha value is -2.19. The van der Waals surface area contributed by atoms with Crippen LogP contribution in [0, 0.1) is 34.0 Å². The number of rotatable bonds is 0. The average molecular weight is 143 g/mol. The van der Waals surface area contributed by atoms with Gasteiger partial charge in [-0.2, -0.15) is 20.9 Å². The summed E-state index contributed by atoms with van der Waals surface area (Å²) in [6.07, 6.45) is 1.12. The summed E-state index contributed by atoms with van der Waals surface area (Å²) in [5.41, 5.74) is -1.71. The van der Waals surface area contributed by atoms with Gasteiger partial charge in [0, 0.05) is 0 Å². The third-order valence-corrected chi connectivity index (χ3v) is 1.23. The number of azo groups is 1. The van der Waals surface area contributed by atoms with Crippen LogP contribution in [0.1, 0.15) is 0 Å². The van der Waals surface area contributed by atoms with Crippen molar-refractivity contribution in [2.75, 3.05) is 0 Å². The van der Waals surface area contributed by atoms with Gasteiger partial charge >= 0.3 is 0 Å². The summed E-state index contributed by atoms with van der Waals surface area (Å²) in [7, 11) is 0. The van der Waals surface area contributed by atoms with Gasteiger partial charge in [-0.1, -0.05) is 0 Å². The van der Waals surface area contributed by atoms with Crippen molar-refractivity contribution in [3.05, 3.63) is 11.8 Å². The smallest absolute Gasteiger partial charge is 0.194 e. The van der Waals surface area contributed by atoms with E-state index >= 15 is 0 Å². The van der Waals surface area contributed by atoms with Crippen LogP contribution >= 0.6 is 0 Å². The summed E-state index contributed by atoms with van der Waals surface area (Å²) in [6, 6.07) is 4.92. The maximum atomic E-state index is 8.50. The molecule has 1 heterocycles. The normalized spacial score (nSPS) is 17.7. The molecule has 0 radical (unpaired) electrons. The molecule has 5 heteroatoms. The second-order valence-electron chi connectivity index (χ2n) is 1.80. The largest absolute Gasteiger partial charge is 0.288 e. The first-order chi connectivity index (χ1) is 5.29. The molecule has 0 fully saturated rings. The van der Waals surface area contributed by atoms with Crippen molar-refractivity contribution in [2.24, 2.45) is 10.2 Å². The second kappa shape index (κ2) is 2.21. The topological polar surface area (TPSA) is 96.1 Å². The van der Waals surface area contributed by atoms with Crippen molar-refractivity contribution >= 4 is 0 Å². The Kier molecular flexibility index (Phi) is 1.39. The minimum atomic E-state index is -1.69.